The van der Waals surface area contributed by atoms with Crippen LogP contribution in [0.2, 0.25) is 0 Å². The summed E-state index contributed by atoms with van der Waals surface area (Å²) < 4.78 is 63.5. The van der Waals surface area contributed by atoms with Crippen molar-refractivity contribution in [3.05, 3.63) is 24.0 Å². The van der Waals surface area contributed by atoms with E-state index in [9.17, 15) is 31.1 Å². The van der Waals surface area contributed by atoms with Crippen LogP contribution in [0.25, 0.3) is 0 Å². The first-order chi connectivity index (χ1) is 14.2. The van der Waals surface area contributed by atoms with Gasteiger partial charge in [-0.1, -0.05) is 0 Å². The lowest BCUT2D eigenvalue weighted by atomic mass is 10.0. The molecule has 1 fully saturated rings. The first kappa shape index (κ1) is 25.9. The molecule has 0 aromatic carbocycles. The molecule has 0 spiro atoms. The predicted octanol–water partition coefficient (Wildman–Crippen LogP) is 2.45. The molecule has 0 bridgehead atoms. The number of carbonyl (C=O) groups excluding carboxylic acids is 1. The Hall–Kier alpha value is -3.10. The van der Waals surface area contributed by atoms with Crippen LogP contribution < -0.4 is 10.6 Å². The van der Waals surface area contributed by atoms with Crippen LogP contribution >= 0.6 is 0 Å². The molecule has 1 aromatic rings. The Balaban J connectivity index is 0.000000288. The summed E-state index contributed by atoms with van der Waals surface area (Å²) in [7, 11) is 0. The van der Waals surface area contributed by atoms with Crippen LogP contribution in [0.15, 0.2) is 18.3 Å². The highest BCUT2D eigenvalue weighted by Crippen LogP contribution is 2.24. The number of nitrogens with zero attached hydrogens (tertiary/aromatic N) is 2. The van der Waals surface area contributed by atoms with Crippen LogP contribution in [0.4, 0.5) is 36.8 Å². The van der Waals surface area contributed by atoms with E-state index in [-0.39, 0.29) is 6.03 Å². The number of hydrogen-bond donors (Lipinski definition) is 4. The van der Waals surface area contributed by atoms with Crippen LogP contribution in [0.3, 0.4) is 0 Å². The average Bonchev–Trinajstić information content (AvgIpc) is 2.67. The van der Waals surface area contributed by atoms with Gasteiger partial charge in [0.15, 0.2) is 0 Å². The molecule has 15 heteroatoms. The Morgan fingerprint density at radius 3 is 1.97 bits per heavy atom. The Kier molecular flexibility index (Phi) is 9.02. The van der Waals surface area contributed by atoms with E-state index in [0.29, 0.717) is 12.6 Å². The number of piperidine rings is 1. The third kappa shape index (κ3) is 8.65. The number of carboxylic acids is 2. The van der Waals surface area contributed by atoms with Crippen LogP contribution in [-0.4, -0.2) is 69.6 Å². The molecule has 0 aliphatic carbocycles. The molecule has 4 N–H and O–H groups in total. The summed E-state index contributed by atoms with van der Waals surface area (Å²) >= 11 is 0. The number of carboxylic acid groups (broad SMARTS) is 2. The van der Waals surface area contributed by atoms with Crippen molar-refractivity contribution in [3.8, 4) is 0 Å². The minimum Gasteiger partial charge on any atom is -0.475 e. The highest BCUT2D eigenvalue weighted by Gasteiger charge is 2.38. The zero-order valence-electron chi connectivity index (χ0n) is 15.6. The zero-order valence-corrected chi connectivity index (χ0v) is 15.6. The average molecular weight is 460 g/mol. The lowest BCUT2D eigenvalue weighted by molar-refractivity contribution is -0.193. The summed E-state index contributed by atoms with van der Waals surface area (Å²) in [5.74, 6) is -5.51. The molecule has 2 amide bonds. The normalized spacial score (nSPS) is 16.6. The first-order valence-electron chi connectivity index (χ1n) is 8.56. The molecule has 2 aliphatic heterocycles. The van der Waals surface area contributed by atoms with E-state index in [4.69, 9.17) is 19.8 Å². The molecule has 0 saturated carbocycles. The molecule has 174 valence electrons. The van der Waals surface area contributed by atoms with Gasteiger partial charge in [-0.3, -0.25) is 4.98 Å². The van der Waals surface area contributed by atoms with Crippen LogP contribution in [-0.2, 0) is 16.1 Å². The smallest absolute Gasteiger partial charge is 0.475 e. The molecule has 0 atom stereocenters. The highest BCUT2D eigenvalue weighted by molar-refractivity contribution is 5.92. The fourth-order valence-electron chi connectivity index (χ4n) is 2.51. The molecule has 0 radical (unpaired) electrons. The number of aromatic nitrogens is 1. The van der Waals surface area contributed by atoms with Gasteiger partial charge in [0.05, 0.1) is 17.9 Å². The monoisotopic (exact) mass is 460 g/mol. The van der Waals surface area contributed by atoms with E-state index in [1.165, 1.54) is 0 Å². The van der Waals surface area contributed by atoms with Crippen molar-refractivity contribution >= 4 is 23.7 Å². The number of alkyl halides is 6. The van der Waals surface area contributed by atoms with Gasteiger partial charge in [0.25, 0.3) is 0 Å². The third-order valence-corrected chi connectivity index (χ3v) is 3.95. The summed E-state index contributed by atoms with van der Waals surface area (Å²) in [4.78, 5) is 36.1. The molecule has 3 rings (SSSR count). The predicted molar refractivity (Wildman–Crippen MR) is 92.1 cm³/mol. The maximum absolute atomic E-state index is 12.0. The van der Waals surface area contributed by atoms with Gasteiger partial charge in [-0.15, -0.1) is 0 Å². The Labute approximate surface area is 171 Å². The second kappa shape index (κ2) is 10.8. The maximum atomic E-state index is 12.0. The van der Waals surface area contributed by atoms with E-state index in [1.807, 2.05) is 17.0 Å². The molecule has 9 nitrogen and oxygen atoms in total. The lowest BCUT2D eigenvalue weighted by Crippen LogP contribution is -2.49. The summed E-state index contributed by atoms with van der Waals surface area (Å²) in [5, 5.41) is 20.5. The Bertz CT molecular complexity index is 756. The molecule has 31 heavy (non-hydrogen) atoms. The van der Waals surface area contributed by atoms with E-state index >= 15 is 0 Å². The standard InChI is InChI=1S/C12H16N4O.2C2HF3O2/c17-12-15-10-2-1-5-14-11(10)8-16(12)9-3-6-13-7-4-9;2*3-2(4,5)1(6)7/h1-2,5,9,13H,3-4,6-8H2,(H,15,17);2*(H,6,7). The summed E-state index contributed by atoms with van der Waals surface area (Å²) in [6, 6.07) is 4.10. The molecule has 0 unspecified atom stereocenters. The summed E-state index contributed by atoms with van der Waals surface area (Å²) in [5.41, 5.74) is 1.81. The zero-order chi connectivity index (χ0) is 23.8. The van der Waals surface area contributed by atoms with Gasteiger partial charge < -0.3 is 25.7 Å². The minimum atomic E-state index is -5.08. The van der Waals surface area contributed by atoms with Crippen molar-refractivity contribution in [2.75, 3.05) is 18.4 Å². The molecule has 1 aromatic heterocycles. The third-order valence-electron chi connectivity index (χ3n) is 3.95. The van der Waals surface area contributed by atoms with E-state index < -0.39 is 24.3 Å². The molecule has 1 saturated heterocycles. The van der Waals surface area contributed by atoms with Crippen molar-refractivity contribution in [2.24, 2.45) is 0 Å². The number of rotatable bonds is 1. The van der Waals surface area contributed by atoms with Crippen molar-refractivity contribution in [2.45, 2.75) is 37.8 Å². The van der Waals surface area contributed by atoms with Gasteiger partial charge in [-0.25, -0.2) is 14.4 Å². The van der Waals surface area contributed by atoms with Crippen molar-refractivity contribution in [3.63, 3.8) is 0 Å². The number of aliphatic carboxylic acids is 2. The second-order valence-electron chi connectivity index (χ2n) is 6.14. The minimum absolute atomic E-state index is 0.0115. The lowest BCUT2D eigenvalue weighted by Gasteiger charge is -2.37. The number of nitrogens with one attached hydrogen (secondary N) is 2. The summed E-state index contributed by atoms with van der Waals surface area (Å²) in [6.07, 6.45) is -6.35. The number of anilines is 1. The van der Waals surface area contributed by atoms with Crippen molar-refractivity contribution < 1.29 is 50.9 Å². The largest absolute Gasteiger partial charge is 0.490 e. The van der Waals surface area contributed by atoms with E-state index in [0.717, 1.165) is 37.3 Å². The first-order valence-corrected chi connectivity index (χ1v) is 8.56. The van der Waals surface area contributed by atoms with Gasteiger partial charge >= 0.3 is 30.3 Å². The number of carbonyl (C=O) groups is 3. The molecule has 3 heterocycles. The van der Waals surface area contributed by atoms with Crippen LogP contribution in [0.5, 0.6) is 0 Å². The fourth-order valence-corrected chi connectivity index (χ4v) is 2.51. The molecule has 2 aliphatic rings. The van der Waals surface area contributed by atoms with Gasteiger partial charge in [0.1, 0.15) is 0 Å². The van der Waals surface area contributed by atoms with Gasteiger partial charge in [-0.05, 0) is 38.1 Å². The topological polar surface area (TPSA) is 132 Å². The number of fused-ring (bicyclic) bond motifs is 1. The van der Waals surface area contributed by atoms with Crippen LogP contribution in [0, 0.1) is 0 Å². The quantitative estimate of drug-likeness (QED) is 0.474. The molecular formula is C16H18F6N4O5. The highest BCUT2D eigenvalue weighted by atomic mass is 19.4. The fraction of sp³-hybridized carbons (Fsp3) is 0.500. The van der Waals surface area contributed by atoms with Crippen molar-refractivity contribution in [1.82, 2.24) is 15.2 Å². The number of hydrogen-bond acceptors (Lipinski definition) is 5. The van der Waals surface area contributed by atoms with Gasteiger partial charge in [0.2, 0.25) is 0 Å². The maximum Gasteiger partial charge on any atom is 0.490 e. The number of amides is 2. The van der Waals surface area contributed by atoms with Gasteiger partial charge in [0, 0.05) is 12.2 Å². The molecular weight excluding hydrogens is 442 g/mol. The SMILES string of the molecule is O=C(O)C(F)(F)F.O=C(O)C(F)(F)F.O=C1Nc2cccnc2CN1C1CCNCC1. The Morgan fingerprint density at radius 1 is 1.03 bits per heavy atom. The Morgan fingerprint density at radius 2 is 1.52 bits per heavy atom. The number of halogens is 6. The van der Waals surface area contributed by atoms with E-state index in [1.54, 1.807) is 6.20 Å². The van der Waals surface area contributed by atoms with Crippen LogP contribution in [0.1, 0.15) is 18.5 Å². The van der Waals surface area contributed by atoms with E-state index in [2.05, 4.69) is 15.6 Å². The second-order valence-corrected chi connectivity index (χ2v) is 6.14. The van der Waals surface area contributed by atoms with Crippen molar-refractivity contribution in [1.29, 1.82) is 0 Å². The number of pyridine rings is 1. The number of urea groups is 1. The van der Waals surface area contributed by atoms with Gasteiger partial charge in [-0.2, -0.15) is 26.3 Å². The summed E-state index contributed by atoms with van der Waals surface area (Å²) in [6.45, 7) is 2.61.